The van der Waals surface area contributed by atoms with E-state index >= 15 is 0 Å². The maximum atomic E-state index is 13.3. The monoisotopic (exact) mass is 479 g/mol. The molecule has 2 N–H and O–H groups in total. The molecule has 1 atom stereocenters. The van der Waals surface area contributed by atoms with Crippen LogP contribution in [0.5, 0.6) is 5.75 Å². The Labute approximate surface area is 201 Å². The van der Waals surface area contributed by atoms with Crippen molar-refractivity contribution in [3.05, 3.63) is 80.2 Å². The van der Waals surface area contributed by atoms with E-state index in [1.807, 2.05) is 12.1 Å². The number of carbonyl (C=O) groups excluding carboxylic acids is 2. The van der Waals surface area contributed by atoms with Gasteiger partial charge in [0, 0.05) is 22.7 Å². The van der Waals surface area contributed by atoms with E-state index in [9.17, 15) is 19.7 Å². The highest BCUT2D eigenvalue weighted by molar-refractivity contribution is 7.17. The van der Waals surface area contributed by atoms with E-state index in [4.69, 9.17) is 4.74 Å². The van der Waals surface area contributed by atoms with Gasteiger partial charge in [-0.25, -0.2) is 0 Å². The van der Waals surface area contributed by atoms with Gasteiger partial charge in [0.25, 0.3) is 11.6 Å². The standard InChI is InChI=1S/C25H25N3O5S/c1-15-6-11-20-21(12-15)34-25(27-22(29)13-16-7-9-19(33-2)10-8-16)23(20)24(30)26-17-4-3-5-18(14-17)28(31)32/h3-5,7-10,14-15H,6,11-13H2,1-2H3,(H,26,30)(H,27,29)/t15-/m1/s1. The summed E-state index contributed by atoms with van der Waals surface area (Å²) in [6.45, 7) is 2.17. The number of nitro benzene ring substituents is 1. The summed E-state index contributed by atoms with van der Waals surface area (Å²) in [5.41, 5.74) is 2.45. The van der Waals surface area contributed by atoms with E-state index < -0.39 is 4.92 Å². The van der Waals surface area contributed by atoms with Crippen molar-refractivity contribution < 1.29 is 19.2 Å². The lowest BCUT2D eigenvalue weighted by atomic mass is 9.88. The number of hydrogen-bond donors (Lipinski definition) is 2. The minimum Gasteiger partial charge on any atom is -0.497 e. The summed E-state index contributed by atoms with van der Waals surface area (Å²) in [4.78, 5) is 37.8. The largest absolute Gasteiger partial charge is 0.497 e. The molecule has 1 aromatic heterocycles. The van der Waals surface area contributed by atoms with Crippen molar-refractivity contribution >= 4 is 39.5 Å². The summed E-state index contributed by atoms with van der Waals surface area (Å²) in [7, 11) is 1.58. The molecule has 0 bridgehead atoms. The average Bonchev–Trinajstić information content (AvgIpc) is 3.16. The lowest BCUT2D eigenvalue weighted by molar-refractivity contribution is -0.384. The number of nitrogens with zero attached hydrogens (tertiary/aromatic N) is 1. The van der Waals surface area contributed by atoms with Crippen molar-refractivity contribution in [2.45, 2.75) is 32.6 Å². The van der Waals surface area contributed by atoms with Crippen molar-refractivity contribution in [2.24, 2.45) is 5.92 Å². The average molecular weight is 480 g/mol. The normalized spacial score (nSPS) is 14.7. The molecule has 0 saturated heterocycles. The molecule has 2 amide bonds. The molecule has 0 fully saturated rings. The molecule has 176 valence electrons. The number of hydrogen-bond acceptors (Lipinski definition) is 6. The van der Waals surface area contributed by atoms with Gasteiger partial charge in [0.1, 0.15) is 10.8 Å². The van der Waals surface area contributed by atoms with Crippen molar-refractivity contribution in [1.29, 1.82) is 0 Å². The summed E-state index contributed by atoms with van der Waals surface area (Å²) < 4.78 is 5.16. The molecule has 0 saturated carbocycles. The number of thiophene rings is 1. The molecule has 0 spiro atoms. The van der Waals surface area contributed by atoms with Crippen LogP contribution in [0, 0.1) is 16.0 Å². The van der Waals surface area contributed by atoms with Gasteiger partial charge < -0.3 is 15.4 Å². The summed E-state index contributed by atoms with van der Waals surface area (Å²) in [6, 6.07) is 13.1. The van der Waals surface area contributed by atoms with Crippen molar-refractivity contribution in [1.82, 2.24) is 0 Å². The number of benzene rings is 2. The van der Waals surface area contributed by atoms with Gasteiger partial charge in [0.05, 0.1) is 24.0 Å². The SMILES string of the molecule is COc1ccc(CC(=O)Nc2sc3c(c2C(=O)Nc2cccc([N+](=O)[O-])c2)CC[C@@H](C)C3)cc1. The van der Waals surface area contributed by atoms with Gasteiger partial charge in [0.15, 0.2) is 0 Å². The first-order valence-corrected chi connectivity index (χ1v) is 11.8. The van der Waals surface area contributed by atoms with Gasteiger partial charge >= 0.3 is 0 Å². The zero-order chi connectivity index (χ0) is 24.2. The Morgan fingerprint density at radius 1 is 1.18 bits per heavy atom. The van der Waals surface area contributed by atoms with Gasteiger partial charge in [0.2, 0.25) is 5.91 Å². The first-order valence-electron chi connectivity index (χ1n) is 11.0. The number of nitro groups is 1. The molecular weight excluding hydrogens is 454 g/mol. The molecule has 0 unspecified atom stereocenters. The number of fused-ring (bicyclic) bond motifs is 1. The van der Waals surface area contributed by atoms with Gasteiger partial charge in [-0.2, -0.15) is 0 Å². The van der Waals surface area contributed by atoms with Crippen LogP contribution in [0.15, 0.2) is 48.5 Å². The molecular formula is C25H25N3O5S. The van der Waals surface area contributed by atoms with E-state index in [1.165, 1.54) is 29.5 Å². The molecule has 8 nitrogen and oxygen atoms in total. The summed E-state index contributed by atoms with van der Waals surface area (Å²) in [5, 5.41) is 17.3. The van der Waals surface area contributed by atoms with Crippen LogP contribution < -0.4 is 15.4 Å². The van der Waals surface area contributed by atoms with Gasteiger partial charge in [-0.3, -0.25) is 19.7 Å². The van der Waals surface area contributed by atoms with E-state index in [1.54, 1.807) is 25.3 Å². The number of rotatable bonds is 7. The predicted octanol–water partition coefficient (Wildman–Crippen LogP) is 5.22. The van der Waals surface area contributed by atoms with Crippen LogP contribution in [0.3, 0.4) is 0 Å². The van der Waals surface area contributed by atoms with Crippen LogP contribution in [0.25, 0.3) is 0 Å². The number of ether oxygens (including phenoxy) is 1. The zero-order valence-electron chi connectivity index (χ0n) is 18.9. The Morgan fingerprint density at radius 3 is 2.65 bits per heavy atom. The Balaban J connectivity index is 1.58. The maximum Gasteiger partial charge on any atom is 0.271 e. The fourth-order valence-corrected chi connectivity index (χ4v) is 5.49. The Morgan fingerprint density at radius 2 is 1.94 bits per heavy atom. The summed E-state index contributed by atoms with van der Waals surface area (Å²) in [6.07, 6.45) is 2.72. The molecule has 1 aliphatic rings. The minimum atomic E-state index is -0.506. The van der Waals surface area contributed by atoms with Crippen LogP contribution in [-0.4, -0.2) is 23.8 Å². The van der Waals surface area contributed by atoms with Crippen LogP contribution in [0.4, 0.5) is 16.4 Å². The quantitative estimate of drug-likeness (QED) is 0.356. The number of non-ortho nitro benzene ring substituents is 1. The van der Waals surface area contributed by atoms with Crippen molar-refractivity contribution in [3.8, 4) is 5.75 Å². The third-order valence-electron chi connectivity index (χ3n) is 5.83. The molecule has 0 radical (unpaired) electrons. The number of amides is 2. The summed E-state index contributed by atoms with van der Waals surface area (Å²) >= 11 is 1.44. The van der Waals surface area contributed by atoms with Crippen molar-refractivity contribution in [3.63, 3.8) is 0 Å². The number of carbonyl (C=O) groups is 2. The van der Waals surface area contributed by atoms with E-state index in [-0.39, 0.29) is 23.9 Å². The Bertz CT molecular complexity index is 1240. The van der Waals surface area contributed by atoms with Gasteiger partial charge in [-0.15, -0.1) is 11.3 Å². The molecule has 1 heterocycles. The minimum absolute atomic E-state index is 0.105. The fourth-order valence-electron chi connectivity index (χ4n) is 4.07. The molecule has 0 aliphatic heterocycles. The molecule has 1 aliphatic carbocycles. The lowest BCUT2D eigenvalue weighted by Crippen LogP contribution is -2.20. The maximum absolute atomic E-state index is 13.3. The molecule has 2 aromatic carbocycles. The molecule has 3 aromatic rings. The third-order valence-corrected chi connectivity index (χ3v) is 7.00. The molecule has 4 rings (SSSR count). The number of methoxy groups -OCH3 is 1. The van der Waals surface area contributed by atoms with Gasteiger partial charge in [-0.05, 0) is 54.5 Å². The van der Waals surface area contributed by atoms with Gasteiger partial charge in [-0.1, -0.05) is 25.1 Å². The zero-order valence-corrected chi connectivity index (χ0v) is 19.7. The third kappa shape index (κ3) is 5.26. The van der Waals surface area contributed by atoms with Crippen LogP contribution in [0.2, 0.25) is 0 Å². The second-order valence-corrected chi connectivity index (χ2v) is 9.50. The second-order valence-electron chi connectivity index (χ2n) is 8.39. The topological polar surface area (TPSA) is 111 Å². The first-order chi connectivity index (χ1) is 16.3. The number of nitrogens with one attached hydrogen (secondary N) is 2. The van der Waals surface area contributed by atoms with Crippen molar-refractivity contribution in [2.75, 3.05) is 17.7 Å². The van der Waals surface area contributed by atoms with E-state index in [0.717, 1.165) is 35.3 Å². The van der Waals surface area contributed by atoms with E-state index in [0.29, 0.717) is 27.9 Å². The Hall–Kier alpha value is -3.72. The highest BCUT2D eigenvalue weighted by atomic mass is 32.1. The fraction of sp³-hybridized carbons (Fsp3) is 0.280. The molecule has 34 heavy (non-hydrogen) atoms. The Kier molecular flexibility index (Phi) is 6.93. The van der Waals surface area contributed by atoms with E-state index in [2.05, 4.69) is 17.6 Å². The van der Waals surface area contributed by atoms with Crippen LogP contribution in [-0.2, 0) is 24.1 Å². The predicted molar refractivity (Wildman–Crippen MR) is 132 cm³/mol. The number of anilines is 2. The highest BCUT2D eigenvalue weighted by Crippen LogP contribution is 2.40. The van der Waals surface area contributed by atoms with Crippen LogP contribution in [0.1, 0.15) is 39.7 Å². The van der Waals surface area contributed by atoms with Crippen LogP contribution >= 0.6 is 11.3 Å². The summed E-state index contributed by atoms with van der Waals surface area (Å²) in [5.74, 6) is 0.611. The highest BCUT2D eigenvalue weighted by Gasteiger charge is 2.28. The lowest BCUT2D eigenvalue weighted by Gasteiger charge is -2.18. The smallest absolute Gasteiger partial charge is 0.271 e. The molecule has 9 heteroatoms. The first kappa shape index (κ1) is 23.4. The second kappa shape index (κ2) is 10.0.